The van der Waals surface area contributed by atoms with E-state index in [-0.39, 0.29) is 5.75 Å². The summed E-state index contributed by atoms with van der Waals surface area (Å²) in [7, 11) is -3.16. The van der Waals surface area contributed by atoms with Crippen LogP contribution in [-0.4, -0.2) is 64.6 Å². The molecule has 0 spiro atoms. The molecule has 0 N–H and O–H groups in total. The van der Waals surface area contributed by atoms with E-state index in [1.54, 1.807) is 19.3 Å². The van der Waals surface area contributed by atoms with Crippen molar-refractivity contribution in [3.63, 3.8) is 0 Å². The van der Waals surface area contributed by atoms with Gasteiger partial charge < -0.3 is 4.90 Å². The average molecular weight is 411 g/mol. The summed E-state index contributed by atoms with van der Waals surface area (Å²) in [5, 5.41) is 0. The number of rotatable bonds is 5. The second-order valence-electron chi connectivity index (χ2n) is 6.70. The van der Waals surface area contributed by atoms with Crippen molar-refractivity contribution < 1.29 is 8.42 Å². The van der Waals surface area contributed by atoms with Crippen LogP contribution in [0.25, 0.3) is 22.6 Å². The van der Waals surface area contributed by atoms with Crippen LogP contribution in [0.5, 0.6) is 0 Å². The topological polar surface area (TPSA) is 92.2 Å². The molecule has 3 heterocycles. The zero-order valence-electron chi connectivity index (χ0n) is 16.1. The lowest BCUT2D eigenvalue weighted by molar-refractivity contribution is 0.384. The highest BCUT2D eigenvalue weighted by atomic mass is 32.2. The molecule has 9 heteroatoms. The molecule has 1 fully saturated rings. The average Bonchev–Trinajstić information content (AvgIpc) is 2.80. The lowest BCUT2D eigenvalue weighted by Gasteiger charge is -2.34. The Morgan fingerprint density at radius 2 is 1.66 bits per heavy atom. The van der Waals surface area contributed by atoms with Gasteiger partial charge in [0.05, 0.1) is 29.5 Å². The van der Waals surface area contributed by atoms with Crippen molar-refractivity contribution in [3.8, 4) is 22.6 Å². The third-order valence-electron chi connectivity index (χ3n) is 4.94. The predicted octanol–water partition coefficient (Wildman–Crippen LogP) is 2.07. The molecular formula is C20H22N6O2S. The molecule has 150 valence electrons. The van der Waals surface area contributed by atoms with Crippen molar-refractivity contribution in [1.82, 2.24) is 24.2 Å². The minimum Gasteiger partial charge on any atom is -0.353 e. The van der Waals surface area contributed by atoms with E-state index in [0.29, 0.717) is 37.6 Å². The second kappa shape index (κ2) is 8.22. The molecule has 1 aliphatic rings. The molecule has 0 aliphatic carbocycles. The Morgan fingerprint density at radius 1 is 0.931 bits per heavy atom. The van der Waals surface area contributed by atoms with Gasteiger partial charge in [-0.1, -0.05) is 30.3 Å². The van der Waals surface area contributed by atoms with Gasteiger partial charge >= 0.3 is 0 Å². The Morgan fingerprint density at radius 3 is 2.38 bits per heavy atom. The normalized spacial score (nSPS) is 15.4. The molecule has 29 heavy (non-hydrogen) atoms. The van der Waals surface area contributed by atoms with Gasteiger partial charge in [-0.05, 0) is 13.0 Å². The fraction of sp³-hybridized carbons (Fsp3) is 0.300. The summed E-state index contributed by atoms with van der Waals surface area (Å²) in [6.45, 7) is 3.73. The smallest absolute Gasteiger partial charge is 0.213 e. The molecule has 4 rings (SSSR count). The van der Waals surface area contributed by atoms with Gasteiger partial charge in [0.1, 0.15) is 17.8 Å². The van der Waals surface area contributed by atoms with Gasteiger partial charge in [-0.3, -0.25) is 4.98 Å². The quantitative estimate of drug-likeness (QED) is 0.636. The van der Waals surface area contributed by atoms with Crippen LogP contribution in [0.15, 0.2) is 55.1 Å². The highest BCUT2D eigenvalue weighted by Crippen LogP contribution is 2.23. The highest BCUT2D eigenvalue weighted by Gasteiger charge is 2.26. The number of benzene rings is 1. The molecular weight excluding hydrogens is 388 g/mol. The first-order valence-corrected chi connectivity index (χ1v) is 11.1. The van der Waals surface area contributed by atoms with Crippen LogP contribution in [-0.2, 0) is 10.0 Å². The molecule has 0 unspecified atom stereocenters. The van der Waals surface area contributed by atoms with E-state index in [0.717, 1.165) is 17.1 Å². The highest BCUT2D eigenvalue weighted by molar-refractivity contribution is 7.89. The number of anilines is 1. The van der Waals surface area contributed by atoms with Crippen LogP contribution in [0.3, 0.4) is 0 Å². The lowest BCUT2D eigenvalue weighted by Crippen LogP contribution is -2.49. The second-order valence-corrected chi connectivity index (χ2v) is 8.96. The van der Waals surface area contributed by atoms with Crippen molar-refractivity contribution >= 4 is 15.8 Å². The van der Waals surface area contributed by atoms with Gasteiger partial charge in [0.15, 0.2) is 0 Å². The van der Waals surface area contributed by atoms with Crippen molar-refractivity contribution in [1.29, 1.82) is 0 Å². The van der Waals surface area contributed by atoms with Gasteiger partial charge in [-0.15, -0.1) is 0 Å². The first kappa shape index (κ1) is 19.4. The fourth-order valence-corrected chi connectivity index (χ4v) is 4.36. The van der Waals surface area contributed by atoms with Gasteiger partial charge in [0, 0.05) is 31.7 Å². The Balaban J connectivity index is 1.55. The number of aromatic nitrogens is 4. The number of hydrogen-bond donors (Lipinski definition) is 0. The molecule has 0 atom stereocenters. The number of nitrogens with zero attached hydrogens (tertiary/aromatic N) is 6. The van der Waals surface area contributed by atoms with Crippen LogP contribution in [0.4, 0.5) is 5.82 Å². The molecule has 2 aromatic heterocycles. The van der Waals surface area contributed by atoms with Gasteiger partial charge in [-0.25, -0.2) is 23.4 Å². The molecule has 1 aliphatic heterocycles. The molecule has 8 nitrogen and oxygen atoms in total. The minimum absolute atomic E-state index is 0.125. The molecule has 0 radical (unpaired) electrons. The molecule has 1 aromatic carbocycles. The monoisotopic (exact) mass is 410 g/mol. The first-order valence-electron chi connectivity index (χ1n) is 9.49. The number of hydrogen-bond acceptors (Lipinski definition) is 7. The van der Waals surface area contributed by atoms with Crippen molar-refractivity contribution in [3.05, 3.63) is 55.1 Å². The Kier molecular flexibility index (Phi) is 5.50. The van der Waals surface area contributed by atoms with Crippen LogP contribution in [0.2, 0.25) is 0 Å². The van der Waals surface area contributed by atoms with Gasteiger partial charge in [-0.2, -0.15) is 4.31 Å². The molecule has 0 saturated carbocycles. The van der Waals surface area contributed by atoms with Gasteiger partial charge in [0.2, 0.25) is 10.0 Å². The van der Waals surface area contributed by atoms with E-state index in [2.05, 4.69) is 19.9 Å². The molecule has 3 aromatic rings. The maximum absolute atomic E-state index is 12.1. The van der Waals surface area contributed by atoms with E-state index >= 15 is 0 Å². The third kappa shape index (κ3) is 4.25. The fourth-order valence-electron chi connectivity index (χ4n) is 3.27. The summed E-state index contributed by atoms with van der Waals surface area (Å²) in [5.74, 6) is 0.843. The van der Waals surface area contributed by atoms with Crippen molar-refractivity contribution in [2.45, 2.75) is 6.92 Å². The van der Waals surface area contributed by atoms with E-state index in [1.165, 1.54) is 10.6 Å². The van der Waals surface area contributed by atoms with E-state index in [9.17, 15) is 8.42 Å². The van der Waals surface area contributed by atoms with Crippen LogP contribution in [0, 0.1) is 0 Å². The van der Waals surface area contributed by atoms with Crippen LogP contribution < -0.4 is 4.90 Å². The van der Waals surface area contributed by atoms with E-state index in [4.69, 9.17) is 4.98 Å². The summed E-state index contributed by atoms with van der Waals surface area (Å²) in [6, 6.07) is 11.8. The van der Waals surface area contributed by atoms with Crippen molar-refractivity contribution in [2.75, 3.05) is 36.8 Å². The Labute approximate surface area is 170 Å². The SMILES string of the molecule is CCS(=O)(=O)N1CCN(c2cncc(-c3cc(-c4ccccc4)ncn3)n2)CC1. The first-order chi connectivity index (χ1) is 14.1. The summed E-state index contributed by atoms with van der Waals surface area (Å²) in [4.78, 5) is 19.8. The van der Waals surface area contributed by atoms with Crippen LogP contribution in [0.1, 0.15) is 6.92 Å². The maximum atomic E-state index is 12.1. The largest absolute Gasteiger partial charge is 0.353 e. The van der Waals surface area contributed by atoms with E-state index in [1.807, 2.05) is 36.4 Å². The third-order valence-corrected chi connectivity index (χ3v) is 6.82. The zero-order chi connectivity index (χ0) is 20.3. The molecule has 0 amide bonds. The summed E-state index contributed by atoms with van der Waals surface area (Å²) < 4.78 is 25.6. The standard InChI is InChI=1S/C20H22N6O2S/c1-2-29(27,28)26-10-8-25(9-11-26)20-14-21-13-19(24-20)18-12-17(22-15-23-18)16-6-4-3-5-7-16/h3-7,12-15H,2,8-11H2,1H3. The summed E-state index contributed by atoms with van der Waals surface area (Å²) in [6.07, 6.45) is 4.91. The van der Waals surface area contributed by atoms with Crippen LogP contribution >= 0.6 is 0 Å². The van der Waals surface area contributed by atoms with Crippen molar-refractivity contribution in [2.24, 2.45) is 0 Å². The molecule has 1 saturated heterocycles. The minimum atomic E-state index is -3.16. The number of sulfonamides is 1. The predicted molar refractivity (Wildman–Crippen MR) is 112 cm³/mol. The van der Waals surface area contributed by atoms with E-state index < -0.39 is 10.0 Å². The zero-order valence-corrected chi connectivity index (χ0v) is 17.0. The summed E-state index contributed by atoms with van der Waals surface area (Å²) in [5.41, 5.74) is 3.18. The Bertz CT molecular complexity index is 1080. The Hall–Kier alpha value is -2.91. The molecule has 0 bridgehead atoms. The summed E-state index contributed by atoms with van der Waals surface area (Å²) >= 11 is 0. The van der Waals surface area contributed by atoms with Gasteiger partial charge in [0.25, 0.3) is 0 Å². The maximum Gasteiger partial charge on any atom is 0.213 e. The number of piperazine rings is 1. The lowest BCUT2D eigenvalue weighted by atomic mass is 10.1.